The molecule has 0 aliphatic rings. The standard InChI is InChI=1S/C11H12ClNO6/c1-3-16-10(14)18-7-5-6-8(12)13-9(7)19-11(15)17-4-2/h5-6H,3-4H2,1-2H3. The summed E-state index contributed by atoms with van der Waals surface area (Å²) >= 11 is 5.66. The number of ether oxygens (including phenoxy) is 4. The van der Waals surface area contributed by atoms with Gasteiger partial charge in [0.1, 0.15) is 5.15 Å². The highest BCUT2D eigenvalue weighted by Gasteiger charge is 2.17. The molecule has 19 heavy (non-hydrogen) atoms. The second-order valence-corrected chi connectivity index (χ2v) is 3.39. The Bertz CT molecular complexity index is 464. The highest BCUT2D eigenvalue weighted by atomic mass is 35.5. The molecule has 0 atom stereocenters. The molecule has 0 aliphatic heterocycles. The molecule has 104 valence electrons. The lowest BCUT2D eigenvalue weighted by molar-refractivity contribution is 0.0925. The van der Waals surface area contributed by atoms with Gasteiger partial charge in [-0.2, -0.15) is 4.98 Å². The van der Waals surface area contributed by atoms with E-state index in [1.165, 1.54) is 12.1 Å². The molecule has 0 fully saturated rings. The average molecular weight is 290 g/mol. The van der Waals surface area contributed by atoms with Crippen molar-refractivity contribution in [2.75, 3.05) is 13.2 Å². The maximum atomic E-state index is 11.2. The number of hydrogen-bond acceptors (Lipinski definition) is 7. The van der Waals surface area contributed by atoms with E-state index in [0.717, 1.165) is 0 Å². The molecule has 0 spiro atoms. The van der Waals surface area contributed by atoms with Gasteiger partial charge >= 0.3 is 12.3 Å². The van der Waals surface area contributed by atoms with Crippen molar-refractivity contribution in [1.29, 1.82) is 0 Å². The Balaban J connectivity index is 2.85. The van der Waals surface area contributed by atoms with Gasteiger partial charge < -0.3 is 18.9 Å². The highest BCUT2D eigenvalue weighted by Crippen LogP contribution is 2.27. The molecule has 0 aliphatic carbocycles. The summed E-state index contributed by atoms with van der Waals surface area (Å²) in [6.07, 6.45) is -1.92. The summed E-state index contributed by atoms with van der Waals surface area (Å²) in [4.78, 5) is 26.1. The smallest absolute Gasteiger partial charge is 0.434 e. The first-order valence-electron chi connectivity index (χ1n) is 5.42. The number of carbonyl (C=O) groups excluding carboxylic acids is 2. The van der Waals surface area contributed by atoms with E-state index in [1.54, 1.807) is 13.8 Å². The molecule has 7 nitrogen and oxygen atoms in total. The molecular weight excluding hydrogens is 278 g/mol. The van der Waals surface area contributed by atoms with Crippen LogP contribution in [0.2, 0.25) is 5.15 Å². The van der Waals surface area contributed by atoms with E-state index in [9.17, 15) is 9.59 Å². The number of rotatable bonds is 4. The van der Waals surface area contributed by atoms with Gasteiger partial charge in [-0.3, -0.25) is 0 Å². The largest absolute Gasteiger partial charge is 0.515 e. The zero-order chi connectivity index (χ0) is 14.3. The van der Waals surface area contributed by atoms with E-state index < -0.39 is 12.3 Å². The molecule has 0 radical (unpaired) electrons. The van der Waals surface area contributed by atoms with Gasteiger partial charge in [0.05, 0.1) is 13.2 Å². The van der Waals surface area contributed by atoms with Gasteiger partial charge in [-0.15, -0.1) is 0 Å². The van der Waals surface area contributed by atoms with Crippen molar-refractivity contribution < 1.29 is 28.5 Å². The van der Waals surface area contributed by atoms with Gasteiger partial charge in [0.25, 0.3) is 5.88 Å². The summed E-state index contributed by atoms with van der Waals surface area (Å²) in [7, 11) is 0. The fourth-order valence-corrected chi connectivity index (χ4v) is 1.16. The Labute approximate surface area is 114 Å². The second-order valence-electron chi connectivity index (χ2n) is 3.01. The van der Waals surface area contributed by atoms with Crippen LogP contribution < -0.4 is 9.47 Å². The molecule has 0 bridgehead atoms. The Hall–Kier alpha value is -2.02. The number of nitrogens with zero attached hydrogens (tertiary/aromatic N) is 1. The first-order chi connectivity index (χ1) is 9.06. The average Bonchev–Trinajstić information content (AvgIpc) is 2.33. The van der Waals surface area contributed by atoms with Crippen molar-refractivity contribution in [2.24, 2.45) is 0 Å². The predicted molar refractivity (Wildman–Crippen MR) is 64.5 cm³/mol. The topological polar surface area (TPSA) is 84.0 Å². The Morgan fingerprint density at radius 1 is 1.11 bits per heavy atom. The minimum atomic E-state index is -0.981. The van der Waals surface area contributed by atoms with Crippen LogP contribution in [0.5, 0.6) is 11.6 Å². The predicted octanol–water partition coefficient (Wildman–Crippen LogP) is 2.81. The third-order valence-electron chi connectivity index (χ3n) is 1.69. The van der Waals surface area contributed by atoms with Gasteiger partial charge in [-0.05, 0) is 26.0 Å². The molecular formula is C11H12ClNO6. The number of carbonyl (C=O) groups is 2. The maximum Gasteiger partial charge on any atom is 0.515 e. The van der Waals surface area contributed by atoms with Crippen molar-refractivity contribution in [1.82, 2.24) is 4.98 Å². The fraction of sp³-hybridized carbons (Fsp3) is 0.364. The normalized spacial score (nSPS) is 9.63. The van der Waals surface area contributed by atoms with Gasteiger partial charge in [0.15, 0.2) is 5.75 Å². The zero-order valence-electron chi connectivity index (χ0n) is 10.3. The first kappa shape index (κ1) is 15.0. The van der Waals surface area contributed by atoms with Gasteiger partial charge in [0.2, 0.25) is 0 Å². The fourth-order valence-electron chi connectivity index (χ4n) is 1.02. The lowest BCUT2D eigenvalue weighted by atomic mass is 10.4. The van der Waals surface area contributed by atoms with Crippen LogP contribution in [0.15, 0.2) is 12.1 Å². The molecule has 0 aromatic carbocycles. The van der Waals surface area contributed by atoms with Crippen LogP contribution in [0.3, 0.4) is 0 Å². The molecule has 1 rings (SSSR count). The summed E-state index contributed by atoms with van der Waals surface area (Å²) in [5.41, 5.74) is 0. The van der Waals surface area contributed by atoms with Crippen LogP contribution in [0.1, 0.15) is 13.8 Å². The second kappa shape index (κ2) is 7.42. The van der Waals surface area contributed by atoms with Crippen LogP contribution in [-0.4, -0.2) is 30.5 Å². The molecule has 8 heteroatoms. The minimum Gasteiger partial charge on any atom is -0.434 e. The number of aromatic nitrogens is 1. The quantitative estimate of drug-likeness (QED) is 0.622. The van der Waals surface area contributed by atoms with E-state index in [4.69, 9.17) is 21.1 Å². The van der Waals surface area contributed by atoms with E-state index in [0.29, 0.717) is 0 Å². The van der Waals surface area contributed by atoms with Crippen LogP contribution in [-0.2, 0) is 9.47 Å². The molecule has 0 unspecified atom stereocenters. The third-order valence-corrected chi connectivity index (χ3v) is 1.90. The van der Waals surface area contributed by atoms with Crippen LogP contribution in [0, 0.1) is 0 Å². The van der Waals surface area contributed by atoms with Crippen molar-refractivity contribution >= 4 is 23.9 Å². The Kier molecular flexibility index (Phi) is 5.87. The molecule has 1 heterocycles. The summed E-state index contributed by atoms with van der Waals surface area (Å²) in [6, 6.07) is 2.69. The molecule has 1 aromatic heterocycles. The van der Waals surface area contributed by atoms with Crippen molar-refractivity contribution in [3.63, 3.8) is 0 Å². The Morgan fingerprint density at radius 2 is 1.68 bits per heavy atom. The number of pyridine rings is 1. The zero-order valence-corrected chi connectivity index (χ0v) is 11.1. The molecule has 0 amide bonds. The highest BCUT2D eigenvalue weighted by molar-refractivity contribution is 6.29. The minimum absolute atomic E-state index is 0.0653. The van der Waals surface area contributed by atoms with Crippen molar-refractivity contribution in [3.8, 4) is 11.6 Å². The van der Waals surface area contributed by atoms with E-state index in [2.05, 4.69) is 14.5 Å². The molecule has 0 N–H and O–H groups in total. The van der Waals surface area contributed by atoms with Crippen molar-refractivity contribution in [3.05, 3.63) is 17.3 Å². The summed E-state index contributed by atoms with van der Waals surface area (Å²) in [5.74, 6) is -0.380. The maximum absolute atomic E-state index is 11.2. The summed E-state index contributed by atoms with van der Waals surface area (Å²) in [5, 5.41) is 0.0653. The lowest BCUT2D eigenvalue weighted by Crippen LogP contribution is -2.15. The van der Waals surface area contributed by atoms with Gasteiger partial charge in [-0.25, -0.2) is 9.59 Å². The Morgan fingerprint density at radius 3 is 2.26 bits per heavy atom. The summed E-state index contributed by atoms with van der Waals surface area (Å²) in [6.45, 7) is 3.52. The van der Waals surface area contributed by atoms with E-state index >= 15 is 0 Å². The monoisotopic (exact) mass is 289 g/mol. The molecule has 1 aromatic rings. The summed E-state index contributed by atoms with van der Waals surface area (Å²) < 4.78 is 18.7. The molecule has 0 saturated heterocycles. The van der Waals surface area contributed by atoms with Gasteiger partial charge in [0, 0.05) is 0 Å². The van der Waals surface area contributed by atoms with Crippen LogP contribution in [0.4, 0.5) is 9.59 Å². The number of halogens is 1. The van der Waals surface area contributed by atoms with Gasteiger partial charge in [-0.1, -0.05) is 11.6 Å². The van der Waals surface area contributed by atoms with Crippen LogP contribution >= 0.6 is 11.6 Å². The van der Waals surface area contributed by atoms with E-state index in [-0.39, 0.29) is 30.0 Å². The number of hydrogen-bond donors (Lipinski definition) is 0. The van der Waals surface area contributed by atoms with Crippen LogP contribution in [0.25, 0.3) is 0 Å². The van der Waals surface area contributed by atoms with Crippen molar-refractivity contribution in [2.45, 2.75) is 13.8 Å². The first-order valence-corrected chi connectivity index (χ1v) is 5.80. The molecule has 0 saturated carbocycles. The van der Waals surface area contributed by atoms with E-state index in [1.807, 2.05) is 0 Å². The third kappa shape index (κ3) is 5.01. The SMILES string of the molecule is CCOC(=O)Oc1ccc(Cl)nc1OC(=O)OCC. The lowest BCUT2D eigenvalue weighted by Gasteiger charge is -2.09.